The molecule has 1 saturated heterocycles. The van der Waals surface area contributed by atoms with E-state index in [0.717, 1.165) is 18.7 Å². The third-order valence-electron chi connectivity index (χ3n) is 4.51. The molecule has 3 nitrogen and oxygen atoms in total. The SMILES string of the molecule is COc1ccc([C@H]2CNC[C@H]2C)cc1OCC#Cc1ccc(F)cc1. The van der Waals surface area contributed by atoms with Crippen LogP contribution in [0, 0.1) is 23.6 Å². The minimum Gasteiger partial charge on any atom is -0.493 e. The summed E-state index contributed by atoms with van der Waals surface area (Å²) in [6, 6.07) is 12.2. The first-order valence-corrected chi connectivity index (χ1v) is 8.43. The third-order valence-corrected chi connectivity index (χ3v) is 4.51. The standard InChI is InChI=1S/C21H22FNO2/c1-15-13-23-14-19(15)17-7-10-20(24-2)21(12-17)25-11-3-4-16-5-8-18(22)9-6-16/h5-10,12,15,19,23H,11,13-14H2,1-2H3/t15-,19+/m1/s1. The molecular formula is C21H22FNO2. The van der Waals surface area contributed by atoms with E-state index in [9.17, 15) is 4.39 Å². The van der Waals surface area contributed by atoms with Crippen LogP contribution in [0.15, 0.2) is 42.5 Å². The van der Waals surface area contributed by atoms with Crippen molar-refractivity contribution < 1.29 is 13.9 Å². The molecule has 0 aliphatic carbocycles. The van der Waals surface area contributed by atoms with Gasteiger partial charge in [0.05, 0.1) is 7.11 Å². The van der Waals surface area contributed by atoms with Crippen LogP contribution in [0.3, 0.4) is 0 Å². The Hall–Kier alpha value is -2.51. The predicted octanol–water partition coefficient (Wildman–Crippen LogP) is 3.59. The van der Waals surface area contributed by atoms with Crippen LogP contribution >= 0.6 is 0 Å². The molecule has 3 rings (SSSR count). The lowest BCUT2D eigenvalue weighted by Gasteiger charge is -2.17. The number of halogens is 1. The van der Waals surface area contributed by atoms with Crippen molar-refractivity contribution in [2.24, 2.45) is 5.92 Å². The lowest BCUT2D eigenvalue weighted by molar-refractivity contribution is 0.330. The Morgan fingerprint density at radius 3 is 2.60 bits per heavy atom. The molecule has 0 unspecified atom stereocenters. The van der Waals surface area contributed by atoms with Crippen LogP contribution in [0.1, 0.15) is 24.0 Å². The summed E-state index contributed by atoms with van der Waals surface area (Å²) < 4.78 is 24.1. The summed E-state index contributed by atoms with van der Waals surface area (Å²) in [6.45, 7) is 4.52. The van der Waals surface area contributed by atoms with Crippen molar-refractivity contribution in [1.29, 1.82) is 0 Å². The average Bonchev–Trinajstić information content (AvgIpc) is 3.06. The minimum absolute atomic E-state index is 0.246. The van der Waals surface area contributed by atoms with Crippen molar-refractivity contribution in [3.8, 4) is 23.3 Å². The molecule has 2 atom stereocenters. The van der Waals surface area contributed by atoms with Crippen LogP contribution in [0.2, 0.25) is 0 Å². The lowest BCUT2D eigenvalue weighted by Crippen LogP contribution is -2.08. The van der Waals surface area contributed by atoms with Gasteiger partial charge in [-0.3, -0.25) is 0 Å². The first-order chi connectivity index (χ1) is 12.2. The van der Waals surface area contributed by atoms with Gasteiger partial charge in [0.1, 0.15) is 12.4 Å². The molecule has 2 aromatic carbocycles. The van der Waals surface area contributed by atoms with Crippen molar-refractivity contribution in [2.45, 2.75) is 12.8 Å². The maximum atomic E-state index is 12.9. The molecule has 1 fully saturated rings. The molecule has 1 heterocycles. The van der Waals surface area contributed by atoms with Crippen molar-refractivity contribution in [3.63, 3.8) is 0 Å². The Labute approximate surface area is 148 Å². The summed E-state index contributed by atoms with van der Waals surface area (Å²) in [7, 11) is 1.63. The summed E-state index contributed by atoms with van der Waals surface area (Å²) in [5.74, 6) is 8.14. The average molecular weight is 339 g/mol. The summed E-state index contributed by atoms with van der Waals surface area (Å²) >= 11 is 0. The van der Waals surface area contributed by atoms with Crippen molar-refractivity contribution in [2.75, 3.05) is 26.8 Å². The van der Waals surface area contributed by atoms with E-state index in [4.69, 9.17) is 9.47 Å². The topological polar surface area (TPSA) is 30.5 Å². The van der Waals surface area contributed by atoms with Gasteiger partial charge >= 0.3 is 0 Å². The largest absolute Gasteiger partial charge is 0.493 e. The van der Waals surface area contributed by atoms with Crippen molar-refractivity contribution in [1.82, 2.24) is 5.32 Å². The minimum atomic E-state index is -0.265. The second-order valence-corrected chi connectivity index (χ2v) is 6.25. The fourth-order valence-corrected chi connectivity index (χ4v) is 3.08. The molecule has 1 aliphatic rings. The molecule has 0 bridgehead atoms. The summed E-state index contributed by atoms with van der Waals surface area (Å²) in [4.78, 5) is 0. The Morgan fingerprint density at radius 1 is 1.12 bits per heavy atom. The number of rotatable bonds is 4. The van der Waals surface area contributed by atoms with Crippen LogP contribution in [-0.2, 0) is 0 Å². The van der Waals surface area contributed by atoms with E-state index in [2.05, 4.69) is 30.1 Å². The van der Waals surface area contributed by atoms with Gasteiger partial charge in [-0.25, -0.2) is 4.39 Å². The van der Waals surface area contributed by atoms with E-state index >= 15 is 0 Å². The van der Waals surface area contributed by atoms with Crippen molar-refractivity contribution in [3.05, 3.63) is 59.4 Å². The van der Waals surface area contributed by atoms with E-state index < -0.39 is 0 Å². The number of ether oxygens (including phenoxy) is 2. The number of benzene rings is 2. The molecule has 2 aromatic rings. The van der Waals surface area contributed by atoms with Crippen LogP contribution in [0.5, 0.6) is 11.5 Å². The van der Waals surface area contributed by atoms with Gasteiger partial charge in [0.2, 0.25) is 0 Å². The van der Waals surface area contributed by atoms with Gasteiger partial charge in [-0.15, -0.1) is 0 Å². The van der Waals surface area contributed by atoms with E-state index in [0.29, 0.717) is 23.3 Å². The number of nitrogens with one attached hydrogen (secondary N) is 1. The number of hydrogen-bond donors (Lipinski definition) is 1. The van der Waals surface area contributed by atoms with Crippen LogP contribution in [0.25, 0.3) is 0 Å². The molecule has 0 saturated carbocycles. The Balaban J connectivity index is 1.69. The van der Waals surface area contributed by atoms with Crippen LogP contribution < -0.4 is 14.8 Å². The van der Waals surface area contributed by atoms with E-state index in [-0.39, 0.29) is 12.4 Å². The smallest absolute Gasteiger partial charge is 0.162 e. The zero-order chi connectivity index (χ0) is 17.6. The third kappa shape index (κ3) is 4.32. The van der Waals surface area contributed by atoms with Gasteiger partial charge in [-0.05, 0) is 54.4 Å². The van der Waals surface area contributed by atoms with Crippen molar-refractivity contribution >= 4 is 0 Å². The fourth-order valence-electron chi connectivity index (χ4n) is 3.08. The molecule has 1 aliphatic heterocycles. The molecule has 0 radical (unpaired) electrons. The monoisotopic (exact) mass is 339 g/mol. The van der Waals surface area contributed by atoms with E-state index in [1.165, 1.54) is 17.7 Å². The number of methoxy groups -OCH3 is 1. The normalized spacial score (nSPS) is 19.2. The van der Waals surface area contributed by atoms with E-state index in [1.54, 1.807) is 19.2 Å². The molecule has 0 amide bonds. The molecule has 4 heteroatoms. The second-order valence-electron chi connectivity index (χ2n) is 6.25. The zero-order valence-electron chi connectivity index (χ0n) is 14.5. The Kier molecular flexibility index (Phi) is 5.57. The molecule has 25 heavy (non-hydrogen) atoms. The molecule has 130 valence electrons. The summed E-state index contributed by atoms with van der Waals surface area (Å²) in [6.07, 6.45) is 0. The summed E-state index contributed by atoms with van der Waals surface area (Å²) in [5, 5.41) is 3.42. The van der Waals surface area contributed by atoms with Gasteiger partial charge in [0.15, 0.2) is 11.5 Å². The maximum Gasteiger partial charge on any atom is 0.162 e. The predicted molar refractivity (Wildman–Crippen MR) is 96.5 cm³/mol. The highest BCUT2D eigenvalue weighted by atomic mass is 19.1. The number of hydrogen-bond acceptors (Lipinski definition) is 3. The maximum absolute atomic E-state index is 12.9. The van der Waals surface area contributed by atoms with Crippen LogP contribution in [0.4, 0.5) is 4.39 Å². The highest BCUT2D eigenvalue weighted by Gasteiger charge is 2.25. The van der Waals surface area contributed by atoms with E-state index in [1.807, 2.05) is 12.1 Å². The Morgan fingerprint density at radius 2 is 1.92 bits per heavy atom. The van der Waals surface area contributed by atoms with Gasteiger partial charge < -0.3 is 14.8 Å². The van der Waals surface area contributed by atoms with Gasteiger partial charge in [0, 0.05) is 18.0 Å². The van der Waals surface area contributed by atoms with Gasteiger partial charge in [0.25, 0.3) is 0 Å². The second kappa shape index (κ2) is 8.04. The first kappa shape index (κ1) is 17.3. The summed E-state index contributed by atoms with van der Waals surface area (Å²) in [5.41, 5.74) is 2.01. The molecule has 0 aromatic heterocycles. The fraction of sp³-hybridized carbons (Fsp3) is 0.333. The molecule has 1 N–H and O–H groups in total. The molecular weight excluding hydrogens is 317 g/mol. The molecule has 0 spiro atoms. The highest BCUT2D eigenvalue weighted by Crippen LogP contribution is 2.34. The van der Waals surface area contributed by atoms with Gasteiger partial charge in [-0.1, -0.05) is 24.8 Å². The highest BCUT2D eigenvalue weighted by molar-refractivity contribution is 5.45. The zero-order valence-corrected chi connectivity index (χ0v) is 14.5. The lowest BCUT2D eigenvalue weighted by atomic mass is 9.90. The van der Waals surface area contributed by atoms with Gasteiger partial charge in [-0.2, -0.15) is 0 Å². The van der Waals surface area contributed by atoms with Crippen LogP contribution in [-0.4, -0.2) is 26.8 Å². The quantitative estimate of drug-likeness (QED) is 0.864. The Bertz CT molecular complexity index is 777. The first-order valence-electron chi connectivity index (χ1n) is 8.43.